The Hall–Kier alpha value is -3.13. The van der Waals surface area contributed by atoms with Crippen molar-refractivity contribution in [1.29, 1.82) is 0 Å². The number of carbonyl (C=O) groups excluding carboxylic acids is 1. The van der Waals surface area contributed by atoms with Crippen LogP contribution in [0.15, 0.2) is 59.6 Å². The average Bonchev–Trinajstić information content (AvgIpc) is 3.27. The minimum absolute atomic E-state index is 0.00511. The molecule has 24 heavy (non-hydrogen) atoms. The van der Waals surface area contributed by atoms with E-state index in [9.17, 15) is 9.90 Å². The van der Waals surface area contributed by atoms with Crippen molar-refractivity contribution in [3.8, 4) is 5.82 Å². The van der Waals surface area contributed by atoms with Gasteiger partial charge in [0, 0.05) is 12.4 Å². The molecule has 3 heterocycles. The summed E-state index contributed by atoms with van der Waals surface area (Å²) >= 11 is 0. The summed E-state index contributed by atoms with van der Waals surface area (Å²) in [6, 6.07) is 8.13. The molecule has 3 aromatic heterocycles. The van der Waals surface area contributed by atoms with Gasteiger partial charge in [-0.3, -0.25) is 0 Å². The molecule has 8 nitrogen and oxygen atoms in total. The largest absolute Gasteiger partial charge is 0.466 e. The van der Waals surface area contributed by atoms with Gasteiger partial charge in [-0.25, -0.2) is 14.5 Å². The Balaban J connectivity index is 1.55. The van der Waals surface area contributed by atoms with E-state index in [0.29, 0.717) is 17.3 Å². The van der Waals surface area contributed by atoms with Crippen molar-refractivity contribution in [2.24, 2.45) is 0 Å². The van der Waals surface area contributed by atoms with Crippen LogP contribution in [0.25, 0.3) is 5.82 Å². The number of amides is 2. The number of aliphatic hydroxyl groups is 1. The van der Waals surface area contributed by atoms with Crippen LogP contribution in [0.3, 0.4) is 0 Å². The van der Waals surface area contributed by atoms with Crippen LogP contribution in [0, 0.1) is 0 Å². The number of furan rings is 1. The molecule has 3 rings (SSSR count). The molecule has 3 N–H and O–H groups in total. The second-order valence-corrected chi connectivity index (χ2v) is 5.41. The molecule has 0 spiro atoms. The first kappa shape index (κ1) is 15.8. The Labute approximate surface area is 138 Å². The van der Waals surface area contributed by atoms with Crippen LogP contribution in [-0.2, 0) is 5.60 Å². The van der Waals surface area contributed by atoms with Crippen LogP contribution in [0.2, 0.25) is 0 Å². The standard InChI is InChI=1S/C16H17N5O3/c1-16(23,13-4-2-9-24-13)11-18-15(22)20-12-5-6-14(17-10-12)21-8-3-7-19-21/h2-10,23H,11H2,1H3,(H2,18,20,22)/t16-/m1/s1. The molecule has 0 saturated heterocycles. The van der Waals surface area contributed by atoms with Gasteiger partial charge in [0.1, 0.15) is 11.4 Å². The maximum atomic E-state index is 11.9. The second-order valence-electron chi connectivity index (χ2n) is 5.41. The fraction of sp³-hybridized carbons (Fsp3) is 0.188. The lowest BCUT2D eigenvalue weighted by molar-refractivity contribution is 0.0372. The van der Waals surface area contributed by atoms with Crippen molar-refractivity contribution >= 4 is 11.7 Å². The maximum Gasteiger partial charge on any atom is 0.319 e. The summed E-state index contributed by atoms with van der Waals surface area (Å²) in [7, 11) is 0. The van der Waals surface area contributed by atoms with Crippen molar-refractivity contribution in [2.45, 2.75) is 12.5 Å². The van der Waals surface area contributed by atoms with E-state index in [-0.39, 0.29) is 6.54 Å². The molecule has 8 heteroatoms. The number of aromatic nitrogens is 3. The number of carbonyl (C=O) groups is 1. The molecule has 2 amide bonds. The predicted molar refractivity (Wildman–Crippen MR) is 86.7 cm³/mol. The molecule has 0 fully saturated rings. The van der Waals surface area contributed by atoms with Gasteiger partial charge in [0.2, 0.25) is 0 Å². The first-order valence-corrected chi connectivity index (χ1v) is 7.32. The first-order valence-electron chi connectivity index (χ1n) is 7.32. The highest BCUT2D eigenvalue weighted by molar-refractivity contribution is 5.89. The lowest BCUT2D eigenvalue weighted by Crippen LogP contribution is -2.40. The number of hydrogen-bond acceptors (Lipinski definition) is 5. The third-order valence-electron chi connectivity index (χ3n) is 3.39. The number of urea groups is 1. The average molecular weight is 327 g/mol. The summed E-state index contributed by atoms with van der Waals surface area (Å²) in [6.07, 6.45) is 6.43. The molecule has 0 bridgehead atoms. The van der Waals surface area contributed by atoms with Crippen molar-refractivity contribution in [3.63, 3.8) is 0 Å². The Morgan fingerprint density at radius 2 is 2.25 bits per heavy atom. The van der Waals surface area contributed by atoms with E-state index in [1.54, 1.807) is 54.3 Å². The number of nitrogens with zero attached hydrogens (tertiary/aromatic N) is 3. The summed E-state index contributed by atoms with van der Waals surface area (Å²) in [5.74, 6) is 1.03. The van der Waals surface area contributed by atoms with Crippen LogP contribution in [0.1, 0.15) is 12.7 Å². The van der Waals surface area contributed by atoms with Crippen molar-refractivity contribution < 1.29 is 14.3 Å². The fourth-order valence-corrected chi connectivity index (χ4v) is 2.10. The van der Waals surface area contributed by atoms with Crippen LogP contribution >= 0.6 is 0 Å². The predicted octanol–water partition coefficient (Wildman–Crippen LogP) is 1.89. The summed E-state index contributed by atoms with van der Waals surface area (Å²) in [4.78, 5) is 16.2. The lowest BCUT2D eigenvalue weighted by Gasteiger charge is -2.21. The van der Waals surface area contributed by atoms with Crippen LogP contribution in [-0.4, -0.2) is 32.4 Å². The Kier molecular flexibility index (Phi) is 4.30. The molecule has 0 aliphatic heterocycles. The zero-order chi connectivity index (χ0) is 17.0. The molecule has 1 atom stereocenters. The van der Waals surface area contributed by atoms with Gasteiger partial charge in [0.15, 0.2) is 5.82 Å². The number of anilines is 1. The van der Waals surface area contributed by atoms with Gasteiger partial charge >= 0.3 is 6.03 Å². The highest BCUT2D eigenvalue weighted by Gasteiger charge is 2.26. The lowest BCUT2D eigenvalue weighted by atomic mass is 10.0. The Morgan fingerprint density at radius 1 is 1.38 bits per heavy atom. The highest BCUT2D eigenvalue weighted by Crippen LogP contribution is 2.19. The van der Waals surface area contributed by atoms with E-state index >= 15 is 0 Å². The van der Waals surface area contributed by atoms with Gasteiger partial charge in [0.05, 0.1) is 24.7 Å². The maximum absolute atomic E-state index is 11.9. The number of nitrogens with one attached hydrogen (secondary N) is 2. The smallest absolute Gasteiger partial charge is 0.319 e. The van der Waals surface area contributed by atoms with Gasteiger partial charge in [-0.2, -0.15) is 5.10 Å². The van der Waals surface area contributed by atoms with E-state index in [1.807, 2.05) is 0 Å². The minimum atomic E-state index is -1.29. The third-order valence-corrected chi connectivity index (χ3v) is 3.39. The van der Waals surface area contributed by atoms with Gasteiger partial charge in [-0.05, 0) is 37.3 Å². The third kappa shape index (κ3) is 3.61. The van der Waals surface area contributed by atoms with Crippen molar-refractivity contribution in [1.82, 2.24) is 20.1 Å². The van der Waals surface area contributed by atoms with Crippen LogP contribution in [0.4, 0.5) is 10.5 Å². The molecule has 0 radical (unpaired) electrons. The topological polar surface area (TPSA) is 105 Å². The molecule has 124 valence electrons. The molecule has 3 aromatic rings. The summed E-state index contributed by atoms with van der Waals surface area (Å²) in [5.41, 5.74) is -0.760. The molecular formula is C16H17N5O3. The van der Waals surface area contributed by atoms with Gasteiger partial charge in [-0.15, -0.1) is 0 Å². The molecule has 0 aliphatic carbocycles. The zero-order valence-corrected chi connectivity index (χ0v) is 13.0. The first-order chi connectivity index (χ1) is 11.5. The summed E-state index contributed by atoms with van der Waals surface area (Å²) < 4.78 is 6.77. The Bertz CT molecular complexity index is 780. The van der Waals surface area contributed by atoms with E-state index in [4.69, 9.17) is 4.42 Å². The fourth-order valence-electron chi connectivity index (χ4n) is 2.10. The molecule has 0 aromatic carbocycles. The van der Waals surface area contributed by atoms with Crippen LogP contribution in [0.5, 0.6) is 0 Å². The van der Waals surface area contributed by atoms with E-state index < -0.39 is 11.6 Å². The highest BCUT2D eigenvalue weighted by atomic mass is 16.4. The normalized spacial score (nSPS) is 13.2. The molecule has 0 saturated carbocycles. The van der Waals surface area contributed by atoms with E-state index in [2.05, 4.69) is 20.7 Å². The monoisotopic (exact) mass is 327 g/mol. The SMILES string of the molecule is C[C@@](O)(CNC(=O)Nc1ccc(-n2cccn2)nc1)c1ccco1. The van der Waals surface area contributed by atoms with Gasteiger partial charge < -0.3 is 20.2 Å². The molecule has 0 aliphatic rings. The molecule has 0 unspecified atom stereocenters. The van der Waals surface area contributed by atoms with E-state index in [1.165, 1.54) is 12.5 Å². The second kappa shape index (κ2) is 6.55. The Morgan fingerprint density at radius 3 is 2.88 bits per heavy atom. The van der Waals surface area contributed by atoms with Gasteiger partial charge in [-0.1, -0.05) is 0 Å². The van der Waals surface area contributed by atoms with Gasteiger partial charge in [0.25, 0.3) is 0 Å². The number of hydrogen-bond donors (Lipinski definition) is 3. The van der Waals surface area contributed by atoms with Crippen molar-refractivity contribution in [3.05, 3.63) is 60.9 Å². The quantitative estimate of drug-likeness (QED) is 0.663. The summed E-state index contributed by atoms with van der Waals surface area (Å²) in [6.45, 7) is 1.57. The summed E-state index contributed by atoms with van der Waals surface area (Å²) in [5, 5.41) is 19.6. The van der Waals surface area contributed by atoms with E-state index in [0.717, 1.165) is 0 Å². The van der Waals surface area contributed by atoms with Crippen LogP contribution < -0.4 is 10.6 Å². The van der Waals surface area contributed by atoms with Crippen molar-refractivity contribution in [2.75, 3.05) is 11.9 Å². The number of rotatable bonds is 5. The minimum Gasteiger partial charge on any atom is -0.466 e. The zero-order valence-electron chi connectivity index (χ0n) is 13.0. The number of pyridine rings is 1. The molecular weight excluding hydrogens is 310 g/mol.